The van der Waals surface area contributed by atoms with E-state index in [-0.39, 0.29) is 11.5 Å². The van der Waals surface area contributed by atoms with Crippen LogP contribution in [0.5, 0.6) is 0 Å². The minimum atomic E-state index is -4.96. The number of ketones is 1. The van der Waals surface area contributed by atoms with Gasteiger partial charge >= 0.3 is 6.18 Å². The first kappa shape index (κ1) is 25.0. The maximum atomic E-state index is 14.5. The predicted molar refractivity (Wildman–Crippen MR) is 134 cm³/mol. The van der Waals surface area contributed by atoms with E-state index in [9.17, 15) is 27.5 Å². The molecule has 1 aromatic heterocycles. The number of alkyl halides is 3. The van der Waals surface area contributed by atoms with Crippen molar-refractivity contribution < 1.29 is 27.5 Å². The second-order valence-electron chi connectivity index (χ2n) is 10.0. The summed E-state index contributed by atoms with van der Waals surface area (Å²) in [6.45, 7) is 3.28. The van der Waals surface area contributed by atoms with Gasteiger partial charge in [0.15, 0.2) is 11.4 Å². The Balaban J connectivity index is 1.57. The number of carbonyl (C=O) groups excluding carboxylic acids is 1. The van der Waals surface area contributed by atoms with Crippen molar-refractivity contribution in [3.05, 3.63) is 119 Å². The summed E-state index contributed by atoms with van der Waals surface area (Å²) in [5.41, 5.74) is -1.69. The zero-order chi connectivity index (χ0) is 26.6. The quantitative estimate of drug-likeness (QED) is 0.175. The summed E-state index contributed by atoms with van der Waals surface area (Å²) in [6, 6.07) is 19.2. The molecule has 0 radical (unpaired) electrons. The summed E-state index contributed by atoms with van der Waals surface area (Å²) in [7, 11) is 0. The molecule has 0 bridgehead atoms. The molecule has 5 rings (SSSR count). The molecule has 0 spiro atoms. The molecular formula is C30H25F4NO2. The fourth-order valence-electron chi connectivity index (χ4n) is 5.45. The van der Waals surface area contributed by atoms with Gasteiger partial charge in [0.25, 0.3) is 0 Å². The van der Waals surface area contributed by atoms with Crippen LogP contribution in [0, 0.1) is 12.7 Å². The summed E-state index contributed by atoms with van der Waals surface area (Å²) in [4.78, 5) is 15.9. The summed E-state index contributed by atoms with van der Waals surface area (Å²) in [5.74, 6) is -2.17. The predicted octanol–water partition coefficient (Wildman–Crippen LogP) is 7.14. The number of nitrogens with one attached hydrogen (secondary N) is 1. The van der Waals surface area contributed by atoms with Crippen molar-refractivity contribution in [2.45, 2.75) is 43.4 Å². The van der Waals surface area contributed by atoms with Gasteiger partial charge in [0, 0.05) is 33.1 Å². The molecule has 3 nitrogen and oxygen atoms in total. The monoisotopic (exact) mass is 507 g/mol. The average Bonchev–Trinajstić information content (AvgIpc) is 3.28. The molecule has 0 saturated carbocycles. The van der Waals surface area contributed by atoms with Gasteiger partial charge in [-0.2, -0.15) is 13.2 Å². The van der Waals surface area contributed by atoms with Gasteiger partial charge < -0.3 is 10.1 Å². The summed E-state index contributed by atoms with van der Waals surface area (Å²) in [5, 5.41) is 11.8. The fourth-order valence-corrected chi connectivity index (χ4v) is 5.45. The first-order valence-corrected chi connectivity index (χ1v) is 11.9. The zero-order valence-electron chi connectivity index (χ0n) is 20.2. The number of allylic oxidation sites excluding steroid dienone is 1. The number of H-pyrrole nitrogens is 1. The highest BCUT2D eigenvalue weighted by Crippen LogP contribution is 2.53. The van der Waals surface area contributed by atoms with Crippen LogP contribution in [0.4, 0.5) is 17.6 Å². The van der Waals surface area contributed by atoms with Gasteiger partial charge in [-0.1, -0.05) is 55.5 Å². The van der Waals surface area contributed by atoms with Crippen molar-refractivity contribution in [3.8, 4) is 0 Å². The maximum absolute atomic E-state index is 14.5. The normalized spacial score (nSPS) is 23.9. The molecule has 1 aliphatic rings. The van der Waals surface area contributed by atoms with Crippen LogP contribution < -0.4 is 0 Å². The highest BCUT2D eigenvalue weighted by molar-refractivity contribution is 6.10. The van der Waals surface area contributed by atoms with Crippen molar-refractivity contribution in [2.75, 3.05) is 0 Å². The summed E-state index contributed by atoms with van der Waals surface area (Å²) < 4.78 is 57.5. The Kier molecular flexibility index (Phi) is 5.87. The second-order valence-corrected chi connectivity index (χ2v) is 10.0. The SMILES string of the molecule is Cc1ccc(F)cc1C1(C)C=CC(c2cc3cc(C(=O)c4ccccc4)ccc3[nH]2)C(O)(C(F)(F)F)C1. The first-order chi connectivity index (χ1) is 17.4. The Morgan fingerprint density at radius 1 is 1.00 bits per heavy atom. The highest BCUT2D eigenvalue weighted by atomic mass is 19.4. The number of carbonyl (C=O) groups is 1. The van der Waals surface area contributed by atoms with E-state index < -0.39 is 35.3 Å². The fraction of sp³-hybridized carbons (Fsp3) is 0.233. The molecule has 3 unspecified atom stereocenters. The molecule has 0 aliphatic heterocycles. The number of rotatable bonds is 4. The van der Waals surface area contributed by atoms with E-state index in [2.05, 4.69) is 4.98 Å². The van der Waals surface area contributed by atoms with Crippen molar-refractivity contribution in [3.63, 3.8) is 0 Å². The van der Waals surface area contributed by atoms with Crippen molar-refractivity contribution in [2.24, 2.45) is 0 Å². The molecule has 7 heteroatoms. The van der Waals surface area contributed by atoms with Gasteiger partial charge in [-0.05, 0) is 60.9 Å². The lowest BCUT2D eigenvalue weighted by Gasteiger charge is -2.45. The first-order valence-electron chi connectivity index (χ1n) is 11.9. The molecule has 0 amide bonds. The Labute approximate surface area is 211 Å². The summed E-state index contributed by atoms with van der Waals surface area (Å²) >= 11 is 0. The van der Waals surface area contributed by atoms with Gasteiger partial charge in [0.1, 0.15) is 5.82 Å². The molecular weight excluding hydrogens is 482 g/mol. The van der Waals surface area contributed by atoms with E-state index in [1.807, 2.05) is 0 Å². The molecule has 1 heterocycles. The van der Waals surface area contributed by atoms with Crippen LogP contribution >= 0.6 is 0 Å². The lowest BCUT2D eigenvalue weighted by molar-refractivity contribution is -0.272. The minimum Gasteiger partial charge on any atom is -0.380 e. The van der Waals surface area contributed by atoms with E-state index in [1.165, 1.54) is 24.3 Å². The number of aromatic nitrogens is 1. The van der Waals surface area contributed by atoms with Crippen LogP contribution in [-0.2, 0) is 5.41 Å². The van der Waals surface area contributed by atoms with Crippen LogP contribution in [0.1, 0.15) is 52.0 Å². The Hall–Kier alpha value is -3.71. The average molecular weight is 508 g/mol. The number of hydrogen-bond donors (Lipinski definition) is 2. The third-order valence-electron chi connectivity index (χ3n) is 7.39. The molecule has 4 aromatic rings. The Morgan fingerprint density at radius 3 is 2.43 bits per heavy atom. The van der Waals surface area contributed by atoms with Crippen molar-refractivity contribution >= 4 is 16.7 Å². The van der Waals surface area contributed by atoms with Crippen molar-refractivity contribution in [1.82, 2.24) is 4.98 Å². The second kappa shape index (κ2) is 8.70. The van der Waals surface area contributed by atoms with E-state index >= 15 is 0 Å². The lowest BCUT2D eigenvalue weighted by Crippen LogP contribution is -2.55. The minimum absolute atomic E-state index is 0.174. The zero-order valence-corrected chi connectivity index (χ0v) is 20.2. The van der Waals surface area contributed by atoms with Crippen LogP contribution in [0.3, 0.4) is 0 Å². The van der Waals surface area contributed by atoms with Crippen LogP contribution in [-0.4, -0.2) is 27.7 Å². The maximum Gasteiger partial charge on any atom is 0.418 e. The van der Waals surface area contributed by atoms with Crippen LogP contribution in [0.2, 0.25) is 0 Å². The third-order valence-corrected chi connectivity index (χ3v) is 7.39. The molecule has 1 aliphatic carbocycles. The molecule has 37 heavy (non-hydrogen) atoms. The largest absolute Gasteiger partial charge is 0.418 e. The van der Waals surface area contributed by atoms with Gasteiger partial charge in [-0.3, -0.25) is 4.79 Å². The number of benzene rings is 3. The van der Waals surface area contributed by atoms with E-state index in [1.54, 1.807) is 74.5 Å². The molecule has 2 N–H and O–H groups in total. The van der Waals surface area contributed by atoms with E-state index in [0.29, 0.717) is 33.2 Å². The summed E-state index contributed by atoms with van der Waals surface area (Å²) in [6.07, 6.45) is -2.67. The number of aromatic amines is 1. The lowest BCUT2D eigenvalue weighted by atomic mass is 9.63. The number of hydrogen-bond acceptors (Lipinski definition) is 2. The van der Waals surface area contributed by atoms with Crippen LogP contribution in [0.15, 0.2) is 84.9 Å². The Bertz CT molecular complexity index is 1520. The van der Waals surface area contributed by atoms with E-state index in [0.717, 1.165) is 0 Å². The van der Waals surface area contributed by atoms with Gasteiger partial charge in [-0.15, -0.1) is 0 Å². The van der Waals surface area contributed by atoms with Gasteiger partial charge in [0.05, 0.1) is 5.92 Å². The van der Waals surface area contributed by atoms with Gasteiger partial charge in [0.2, 0.25) is 0 Å². The Morgan fingerprint density at radius 2 is 1.73 bits per heavy atom. The highest BCUT2D eigenvalue weighted by Gasteiger charge is 2.62. The number of fused-ring (bicyclic) bond motifs is 1. The molecule has 3 aromatic carbocycles. The molecule has 3 atom stereocenters. The third kappa shape index (κ3) is 4.27. The number of aryl methyl sites for hydroxylation is 1. The molecule has 190 valence electrons. The standard InChI is InChI=1S/C30H25F4NO2/c1-18-8-10-22(31)16-24(18)28(2)13-12-23(29(37,17-28)30(32,33)34)26-15-21-14-20(9-11-25(21)35-26)27(36)19-6-4-3-5-7-19/h3-16,23,35,37H,17H2,1-2H3. The van der Waals surface area contributed by atoms with E-state index in [4.69, 9.17) is 0 Å². The molecule has 0 saturated heterocycles. The smallest absolute Gasteiger partial charge is 0.380 e. The van der Waals surface area contributed by atoms with Gasteiger partial charge in [-0.25, -0.2) is 4.39 Å². The molecule has 0 fully saturated rings. The van der Waals surface area contributed by atoms with Crippen molar-refractivity contribution in [1.29, 1.82) is 0 Å². The number of halogens is 4. The topological polar surface area (TPSA) is 53.1 Å². The van der Waals surface area contributed by atoms with Crippen LogP contribution in [0.25, 0.3) is 10.9 Å². The number of aliphatic hydroxyl groups is 1.